The van der Waals surface area contributed by atoms with Crippen LogP contribution in [0.15, 0.2) is 0 Å². The number of nitrogens with one attached hydrogen (secondary N) is 1. The van der Waals surface area contributed by atoms with Gasteiger partial charge in [-0.1, -0.05) is 19.3 Å². The Bertz CT molecular complexity index is 521. The number of hydrogen-bond acceptors (Lipinski definition) is 5. The summed E-state index contributed by atoms with van der Waals surface area (Å²) >= 11 is 0. The van der Waals surface area contributed by atoms with Gasteiger partial charge < -0.3 is 5.73 Å². The van der Waals surface area contributed by atoms with Crippen LogP contribution >= 0.6 is 0 Å². The highest BCUT2D eigenvalue weighted by molar-refractivity contribution is 7.95. The Hall–Kier alpha value is -0.180. The van der Waals surface area contributed by atoms with Crippen LogP contribution in [0.1, 0.15) is 38.5 Å². The highest BCUT2D eigenvalue weighted by atomic mass is 32.2. The lowest BCUT2D eigenvalue weighted by Gasteiger charge is -2.33. The number of hydrogen-bond donors (Lipinski definition) is 2. The molecule has 1 unspecified atom stereocenters. The lowest BCUT2D eigenvalue weighted by Crippen LogP contribution is -2.52. The Labute approximate surface area is 115 Å². The molecule has 2 fully saturated rings. The minimum Gasteiger partial charge on any atom is -0.324 e. The van der Waals surface area contributed by atoms with Gasteiger partial charge in [-0.05, 0) is 19.3 Å². The van der Waals surface area contributed by atoms with E-state index in [2.05, 4.69) is 4.72 Å². The van der Waals surface area contributed by atoms with Gasteiger partial charge in [0.25, 0.3) is 0 Å². The minimum atomic E-state index is -3.58. The molecule has 0 spiro atoms. The fraction of sp³-hybridized carbons (Fsp3) is 1.00. The lowest BCUT2D eigenvalue weighted by molar-refractivity contribution is 0.296. The molecular weight excluding hydrogens is 288 g/mol. The molecule has 2 aliphatic rings. The molecule has 0 radical (unpaired) electrons. The molecule has 0 bridgehead atoms. The van der Waals surface area contributed by atoms with Gasteiger partial charge in [0.1, 0.15) is 0 Å². The second kappa shape index (κ2) is 5.31. The molecule has 1 aliphatic heterocycles. The first-order valence-electron chi connectivity index (χ1n) is 6.70. The smallest absolute Gasteiger partial charge is 0.215 e. The van der Waals surface area contributed by atoms with Crippen LogP contribution in [0.25, 0.3) is 0 Å². The summed E-state index contributed by atoms with van der Waals surface area (Å²) < 4.78 is 49.4. The molecular formula is C11H22N2O4S2. The first-order chi connectivity index (χ1) is 8.73. The van der Waals surface area contributed by atoms with Crippen molar-refractivity contribution in [3.05, 3.63) is 0 Å². The zero-order chi connectivity index (χ0) is 14.1. The largest absolute Gasteiger partial charge is 0.324 e. The summed E-state index contributed by atoms with van der Waals surface area (Å²) in [4.78, 5) is 0. The normalized spacial score (nSPS) is 30.3. The summed E-state index contributed by atoms with van der Waals surface area (Å²) in [6.07, 6.45) is 5.02. The SMILES string of the molecule is NC1(CNS(=O)(=O)C2CCS(=O)(=O)C2)CCCCC1. The number of sulfone groups is 1. The molecule has 3 N–H and O–H groups in total. The van der Waals surface area contributed by atoms with E-state index in [1.54, 1.807) is 0 Å². The Balaban J connectivity index is 1.95. The van der Waals surface area contributed by atoms with E-state index in [4.69, 9.17) is 5.73 Å². The molecule has 0 amide bonds. The van der Waals surface area contributed by atoms with Gasteiger partial charge in [0.05, 0.1) is 16.8 Å². The Morgan fingerprint density at radius 2 is 1.84 bits per heavy atom. The van der Waals surface area contributed by atoms with Gasteiger partial charge in [-0.25, -0.2) is 21.6 Å². The predicted molar refractivity (Wildman–Crippen MR) is 74.0 cm³/mol. The van der Waals surface area contributed by atoms with Crippen LogP contribution in [-0.2, 0) is 19.9 Å². The van der Waals surface area contributed by atoms with Crippen LogP contribution in [0.3, 0.4) is 0 Å². The van der Waals surface area contributed by atoms with Gasteiger partial charge in [0.15, 0.2) is 9.84 Å². The van der Waals surface area contributed by atoms with Crippen molar-refractivity contribution in [1.29, 1.82) is 0 Å². The minimum absolute atomic E-state index is 0.0354. The predicted octanol–water partition coefficient (Wildman–Crippen LogP) is -0.245. The van der Waals surface area contributed by atoms with Crippen LogP contribution in [0.4, 0.5) is 0 Å². The summed E-state index contributed by atoms with van der Waals surface area (Å²) in [5, 5.41) is -0.815. The third kappa shape index (κ3) is 3.90. The van der Waals surface area contributed by atoms with Crippen LogP contribution < -0.4 is 10.5 Å². The van der Waals surface area contributed by atoms with Crippen molar-refractivity contribution in [3.63, 3.8) is 0 Å². The zero-order valence-corrected chi connectivity index (χ0v) is 12.6. The Morgan fingerprint density at radius 1 is 1.21 bits per heavy atom. The van der Waals surface area contributed by atoms with Gasteiger partial charge in [0.2, 0.25) is 10.0 Å². The fourth-order valence-corrected chi connectivity index (χ4v) is 6.98. The molecule has 1 atom stereocenters. The first-order valence-corrected chi connectivity index (χ1v) is 10.1. The second-order valence-electron chi connectivity index (χ2n) is 5.81. The first kappa shape index (κ1) is 15.2. The standard InChI is InChI=1S/C11H22N2O4S2/c12-11(5-2-1-3-6-11)9-13-19(16,17)10-4-7-18(14,15)8-10/h10,13H,1-9,12H2. The topological polar surface area (TPSA) is 106 Å². The maximum Gasteiger partial charge on any atom is 0.215 e. The second-order valence-corrected chi connectivity index (χ2v) is 10.1. The van der Waals surface area contributed by atoms with Crippen LogP contribution in [0.5, 0.6) is 0 Å². The number of sulfonamides is 1. The molecule has 2 rings (SSSR count). The number of rotatable bonds is 4. The van der Waals surface area contributed by atoms with E-state index < -0.39 is 30.6 Å². The van der Waals surface area contributed by atoms with Gasteiger partial charge in [0, 0.05) is 12.1 Å². The van der Waals surface area contributed by atoms with Gasteiger partial charge in [-0.3, -0.25) is 0 Å². The molecule has 1 heterocycles. The van der Waals surface area contributed by atoms with Crippen LogP contribution in [0.2, 0.25) is 0 Å². The van der Waals surface area contributed by atoms with E-state index in [-0.39, 0.29) is 24.5 Å². The van der Waals surface area contributed by atoms with E-state index in [0.29, 0.717) is 0 Å². The summed E-state index contributed by atoms with van der Waals surface area (Å²) in [6, 6.07) is 0. The fourth-order valence-electron chi connectivity index (χ4n) is 2.80. The summed E-state index contributed by atoms with van der Waals surface area (Å²) in [5.41, 5.74) is 5.70. The molecule has 1 aliphatic carbocycles. The molecule has 0 aromatic rings. The van der Waals surface area contributed by atoms with Crippen molar-refractivity contribution in [3.8, 4) is 0 Å². The summed E-state index contributed by atoms with van der Waals surface area (Å²) in [7, 11) is -6.77. The average molecular weight is 310 g/mol. The maximum absolute atomic E-state index is 12.1. The van der Waals surface area contributed by atoms with Crippen molar-refractivity contribution < 1.29 is 16.8 Å². The summed E-state index contributed by atoms with van der Waals surface area (Å²) in [5.74, 6) is -0.299. The molecule has 112 valence electrons. The van der Waals surface area contributed by atoms with Crippen molar-refractivity contribution in [2.24, 2.45) is 5.73 Å². The van der Waals surface area contributed by atoms with E-state index in [9.17, 15) is 16.8 Å². The summed E-state index contributed by atoms with van der Waals surface area (Å²) in [6.45, 7) is 0.214. The highest BCUT2D eigenvalue weighted by Crippen LogP contribution is 2.26. The molecule has 6 nitrogen and oxygen atoms in total. The lowest BCUT2D eigenvalue weighted by atomic mass is 9.83. The Kier molecular flexibility index (Phi) is 4.25. The third-order valence-corrected chi connectivity index (χ3v) is 7.91. The Morgan fingerprint density at radius 3 is 2.37 bits per heavy atom. The van der Waals surface area contributed by atoms with Crippen LogP contribution in [-0.4, -0.2) is 45.7 Å². The quantitative estimate of drug-likeness (QED) is 0.745. The van der Waals surface area contributed by atoms with E-state index >= 15 is 0 Å². The van der Waals surface area contributed by atoms with E-state index in [1.807, 2.05) is 0 Å². The molecule has 19 heavy (non-hydrogen) atoms. The van der Waals surface area contributed by atoms with Crippen LogP contribution in [0, 0.1) is 0 Å². The average Bonchev–Trinajstić information content (AvgIpc) is 2.69. The molecule has 0 aromatic heterocycles. The molecule has 1 saturated carbocycles. The van der Waals surface area contributed by atoms with E-state index in [0.717, 1.165) is 32.1 Å². The van der Waals surface area contributed by atoms with Gasteiger partial charge in [-0.15, -0.1) is 0 Å². The number of nitrogens with two attached hydrogens (primary N) is 1. The van der Waals surface area contributed by atoms with Crippen molar-refractivity contribution >= 4 is 19.9 Å². The maximum atomic E-state index is 12.1. The van der Waals surface area contributed by atoms with Gasteiger partial charge >= 0.3 is 0 Å². The molecule has 1 saturated heterocycles. The van der Waals surface area contributed by atoms with Crippen molar-refractivity contribution in [2.45, 2.75) is 49.3 Å². The van der Waals surface area contributed by atoms with Crippen molar-refractivity contribution in [2.75, 3.05) is 18.1 Å². The van der Waals surface area contributed by atoms with E-state index in [1.165, 1.54) is 0 Å². The molecule has 0 aromatic carbocycles. The third-order valence-electron chi connectivity index (χ3n) is 4.10. The monoisotopic (exact) mass is 310 g/mol. The van der Waals surface area contributed by atoms with Crippen molar-refractivity contribution in [1.82, 2.24) is 4.72 Å². The van der Waals surface area contributed by atoms with Gasteiger partial charge in [-0.2, -0.15) is 0 Å². The molecule has 8 heteroatoms. The zero-order valence-electron chi connectivity index (χ0n) is 11.0. The highest BCUT2D eigenvalue weighted by Gasteiger charge is 2.38.